The first-order valence-corrected chi connectivity index (χ1v) is 9.44. The van der Waals surface area contributed by atoms with E-state index in [-0.39, 0.29) is 23.7 Å². The van der Waals surface area contributed by atoms with Gasteiger partial charge in [-0.2, -0.15) is 4.98 Å². The molecule has 3 aromatic rings. The Morgan fingerprint density at radius 2 is 2.00 bits per heavy atom. The van der Waals surface area contributed by atoms with Crippen molar-refractivity contribution in [3.05, 3.63) is 75.3 Å². The Kier molecular flexibility index (Phi) is 6.09. The fourth-order valence-corrected chi connectivity index (χ4v) is 2.91. The van der Waals surface area contributed by atoms with E-state index in [1.165, 1.54) is 17.2 Å². The largest absolute Gasteiger partial charge is 0.341 e. The average Bonchev–Trinajstić information content (AvgIpc) is 3.18. The predicted octanol–water partition coefficient (Wildman–Crippen LogP) is 3.25. The van der Waals surface area contributed by atoms with Crippen LogP contribution in [0.25, 0.3) is 5.69 Å². The number of likely N-dealkylation sites (N-methyl/N-ethyl adjacent to an activating group) is 1. The number of carbonyl (C=O) groups is 1. The molecule has 158 valence electrons. The van der Waals surface area contributed by atoms with Crippen molar-refractivity contribution in [2.24, 2.45) is 0 Å². The van der Waals surface area contributed by atoms with Crippen LogP contribution in [0, 0.1) is 18.6 Å². The van der Waals surface area contributed by atoms with Gasteiger partial charge in [0.1, 0.15) is 17.2 Å². The number of nitrogens with zero attached hydrogens (tertiary/aromatic N) is 4. The van der Waals surface area contributed by atoms with Gasteiger partial charge >= 0.3 is 0 Å². The Labute approximate surface area is 171 Å². The lowest BCUT2D eigenvalue weighted by Gasteiger charge is -2.18. The van der Waals surface area contributed by atoms with Gasteiger partial charge < -0.3 is 9.42 Å². The standard InChI is InChI=1S/C21H22F2N4O3/c1-12(2)19-24-17(25-30-19)8-9-26(4)20(28)18-13(3)7-10-27(21(18)29)16-11-14(22)5-6-15(16)23/h5-7,10-12H,8-9H2,1-4H3. The van der Waals surface area contributed by atoms with Crippen LogP contribution >= 0.6 is 0 Å². The van der Waals surface area contributed by atoms with Crippen molar-refractivity contribution in [2.45, 2.75) is 33.1 Å². The van der Waals surface area contributed by atoms with Gasteiger partial charge in [0.15, 0.2) is 5.82 Å². The third-order valence-electron chi connectivity index (χ3n) is 4.68. The van der Waals surface area contributed by atoms with E-state index in [1.54, 1.807) is 14.0 Å². The number of carbonyl (C=O) groups excluding carboxylic acids is 1. The molecule has 2 aromatic heterocycles. The minimum atomic E-state index is -0.771. The molecule has 0 spiro atoms. The Hall–Kier alpha value is -3.36. The molecule has 0 aliphatic carbocycles. The molecule has 9 heteroatoms. The third-order valence-corrected chi connectivity index (χ3v) is 4.68. The lowest BCUT2D eigenvalue weighted by molar-refractivity contribution is 0.0793. The number of benzene rings is 1. The van der Waals surface area contributed by atoms with E-state index in [0.717, 1.165) is 22.8 Å². The van der Waals surface area contributed by atoms with Crippen molar-refractivity contribution in [2.75, 3.05) is 13.6 Å². The predicted molar refractivity (Wildman–Crippen MR) is 106 cm³/mol. The molecule has 2 heterocycles. The van der Waals surface area contributed by atoms with Crippen LogP contribution in [0.1, 0.15) is 47.4 Å². The second kappa shape index (κ2) is 8.56. The zero-order valence-corrected chi connectivity index (χ0v) is 17.1. The molecule has 0 radical (unpaired) electrons. The molecule has 0 atom stereocenters. The van der Waals surface area contributed by atoms with Crippen LogP contribution in [0.15, 0.2) is 39.8 Å². The van der Waals surface area contributed by atoms with E-state index in [4.69, 9.17) is 4.52 Å². The van der Waals surface area contributed by atoms with Crippen molar-refractivity contribution in [3.8, 4) is 5.69 Å². The number of aryl methyl sites for hydroxylation is 1. The van der Waals surface area contributed by atoms with E-state index in [0.29, 0.717) is 23.7 Å². The number of hydrogen-bond donors (Lipinski definition) is 0. The van der Waals surface area contributed by atoms with Gasteiger partial charge in [0.2, 0.25) is 5.89 Å². The first-order valence-electron chi connectivity index (χ1n) is 9.44. The third kappa shape index (κ3) is 4.29. The zero-order chi connectivity index (χ0) is 22.0. The smallest absolute Gasteiger partial charge is 0.268 e. The maximum absolute atomic E-state index is 14.1. The Balaban J connectivity index is 1.86. The minimum absolute atomic E-state index is 0.0965. The van der Waals surface area contributed by atoms with E-state index < -0.39 is 23.1 Å². The summed E-state index contributed by atoms with van der Waals surface area (Å²) in [6, 6.07) is 4.31. The van der Waals surface area contributed by atoms with Crippen LogP contribution in [0.5, 0.6) is 0 Å². The van der Waals surface area contributed by atoms with Crippen LogP contribution in [0.2, 0.25) is 0 Å². The lowest BCUT2D eigenvalue weighted by atomic mass is 10.1. The van der Waals surface area contributed by atoms with Crippen molar-refractivity contribution in [3.63, 3.8) is 0 Å². The van der Waals surface area contributed by atoms with Crippen LogP contribution < -0.4 is 5.56 Å². The molecule has 1 amide bonds. The number of halogens is 2. The highest BCUT2D eigenvalue weighted by atomic mass is 19.1. The maximum Gasteiger partial charge on any atom is 0.268 e. The summed E-state index contributed by atoms with van der Waals surface area (Å²) in [5, 5.41) is 3.88. The highest BCUT2D eigenvalue weighted by Gasteiger charge is 2.21. The SMILES string of the molecule is Cc1ccn(-c2cc(F)ccc2F)c(=O)c1C(=O)N(C)CCc1noc(C(C)C)n1. The van der Waals surface area contributed by atoms with E-state index >= 15 is 0 Å². The van der Waals surface area contributed by atoms with Gasteiger partial charge in [-0.15, -0.1) is 0 Å². The summed E-state index contributed by atoms with van der Waals surface area (Å²) in [7, 11) is 1.55. The van der Waals surface area contributed by atoms with Gasteiger partial charge in [-0.25, -0.2) is 8.78 Å². The van der Waals surface area contributed by atoms with Gasteiger partial charge in [0.05, 0.1) is 5.69 Å². The fraction of sp³-hybridized carbons (Fsp3) is 0.333. The molecule has 0 aliphatic heterocycles. The van der Waals surface area contributed by atoms with Crippen LogP contribution in [0.3, 0.4) is 0 Å². The van der Waals surface area contributed by atoms with Gasteiger partial charge in [-0.3, -0.25) is 14.2 Å². The minimum Gasteiger partial charge on any atom is -0.341 e. The van der Waals surface area contributed by atoms with Crippen molar-refractivity contribution >= 4 is 5.91 Å². The molecule has 3 rings (SSSR count). The molecule has 7 nitrogen and oxygen atoms in total. The summed E-state index contributed by atoms with van der Waals surface area (Å²) in [6.07, 6.45) is 1.66. The highest BCUT2D eigenvalue weighted by molar-refractivity contribution is 5.95. The zero-order valence-electron chi connectivity index (χ0n) is 17.1. The molecule has 0 N–H and O–H groups in total. The summed E-state index contributed by atoms with van der Waals surface area (Å²) in [5.41, 5.74) is -0.658. The summed E-state index contributed by atoms with van der Waals surface area (Å²) in [5.74, 6) is -0.923. The Morgan fingerprint density at radius 1 is 1.27 bits per heavy atom. The monoisotopic (exact) mass is 416 g/mol. The van der Waals surface area contributed by atoms with Crippen LogP contribution in [-0.2, 0) is 6.42 Å². The topological polar surface area (TPSA) is 81.2 Å². The van der Waals surface area contributed by atoms with Crippen molar-refractivity contribution in [1.82, 2.24) is 19.6 Å². The van der Waals surface area contributed by atoms with Crippen molar-refractivity contribution < 1.29 is 18.1 Å². The summed E-state index contributed by atoms with van der Waals surface area (Å²) in [4.78, 5) is 31.5. The highest BCUT2D eigenvalue weighted by Crippen LogP contribution is 2.16. The number of amides is 1. The molecule has 30 heavy (non-hydrogen) atoms. The average molecular weight is 416 g/mol. The van der Waals surface area contributed by atoms with E-state index in [2.05, 4.69) is 10.1 Å². The van der Waals surface area contributed by atoms with Gasteiger partial charge in [0.25, 0.3) is 11.5 Å². The van der Waals surface area contributed by atoms with Gasteiger partial charge in [-0.05, 0) is 30.7 Å². The lowest BCUT2D eigenvalue weighted by Crippen LogP contribution is -2.36. The molecule has 0 bridgehead atoms. The Morgan fingerprint density at radius 3 is 2.67 bits per heavy atom. The number of rotatable bonds is 6. The van der Waals surface area contributed by atoms with Crippen LogP contribution in [0.4, 0.5) is 8.78 Å². The fourth-order valence-electron chi connectivity index (χ4n) is 2.91. The molecule has 0 saturated heterocycles. The molecule has 0 unspecified atom stereocenters. The molecule has 0 fully saturated rings. The molecule has 0 saturated carbocycles. The quantitative estimate of drug-likeness (QED) is 0.616. The molecular formula is C21H22F2N4O3. The van der Waals surface area contributed by atoms with Gasteiger partial charge in [0, 0.05) is 38.2 Å². The van der Waals surface area contributed by atoms with Gasteiger partial charge in [-0.1, -0.05) is 19.0 Å². The van der Waals surface area contributed by atoms with E-state index in [1.807, 2.05) is 13.8 Å². The first-order chi connectivity index (χ1) is 14.2. The molecular weight excluding hydrogens is 394 g/mol. The van der Waals surface area contributed by atoms with E-state index in [9.17, 15) is 18.4 Å². The normalized spacial score (nSPS) is 11.2. The first kappa shape index (κ1) is 21.4. The number of pyridine rings is 1. The number of hydrogen-bond acceptors (Lipinski definition) is 5. The van der Waals surface area contributed by atoms with Crippen LogP contribution in [-0.4, -0.2) is 39.1 Å². The Bertz CT molecular complexity index is 1140. The molecule has 1 aromatic carbocycles. The summed E-state index contributed by atoms with van der Waals surface area (Å²) < 4.78 is 33.8. The second-order valence-corrected chi connectivity index (χ2v) is 7.32. The summed E-state index contributed by atoms with van der Waals surface area (Å²) >= 11 is 0. The second-order valence-electron chi connectivity index (χ2n) is 7.32. The van der Waals surface area contributed by atoms with Crippen molar-refractivity contribution in [1.29, 1.82) is 0 Å². The number of aromatic nitrogens is 3. The maximum atomic E-state index is 14.1. The summed E-state index contributed by atoms with van der Waals surface area (Å²) in [6.45, 7) is 5.72. The molecule has 0 aliphatic rings.